The van der Waals surface area contributed by atoms with E-state index in [-0.39, 0.29) is 5.43 Å². The molecule has 0 bridgehead atoms. The van der Waals surface area contributed by atoms with E-state index in [1.165, 1.54) is 95.6 Å². The van der Waals surface area contributed by atoms with E-state index >= 15 is 0 Å². The summed E-state index contributed by atoms with van der Waals surface area (Å²) >= 11 is 0. The number of nitriles is 1. The van der Waals surface area contributed by atoms with E-state index < -0.39 is 5.97 Å². The second kappa shape index (κ2) is 19.9. The summed E-state index contributed by atoms with van der Waals surface area (Å²) < 4.78 is 11.4. The van der Waals surface area contributed by atoms with Gasteiger partial charge >= 0.3 is 5.97 Å². The molecular formula is C37H46N2O4. The summed E-state index contributed by atoms with van der Waals surface area (Å²) in [7, 11) is 0. The summed E-state index contributed by atoms with van der Waals surface area (Å²) in [5.41, 5.74) is 1.60. The molecule has 3 aromatic carbocycles. The number of anilines is 2. The summed E-state index contributed by atoms with van der Waals surface area (Å²) in [6.45, 7) is 2.95. The van der Waals surface area contributed by atoms with E-state index in [2.05, 4.69) is 12.2 Å². The van der Waals surface area contributed by atoms with Gasteiger partial charge in [0.05, 0.1) is 29.5 Å². The van der Waals surface area contributed by atoms with Gasteiger partial charge in [0, 0.05) is 5.69 Å². The molecule has 0 aliphatic carbocycles. The van der Waals surface area contributed by atoms with Crippen LogP contribution in [0, 0.1) is 11.3 Å². The fourth-order valence-corrected chi connectivity index (χ4v) is 4.85. The average molecular weight is 583 g/mol. The van der Waals surface area contributed by atoms with Crippen molar-refractivity contribution in [3.63, 3.8) is 0 Å². The molecule has 228 valence electrons. The van der Waals surface area contributed by atoms with Crippen molar-refractivity contribution in [2.24, 2.45) is 0 Å². The van der Waals surface area contributed by atoms with Crippen LogP contribution in [0.4, 0.5) is 11.4 Å². The third-order valence-corrected chi connectivity index (χ3v) is 7.44. The number of unbranched alkanes of at least 4 members (excludes halogenated alkanes) is 13. The first kappa shape index (κ1) is 33.4. The molecular weight excluding hydrogens is 536 g/mol. The molecule has 0 aliphatic rings. The second-order valence-corrected chi connectivity index (χ2v) is 11.0. The minimum Gasteiger partial charge on any atom is -0.494 e. The maximum atomic E-state index is 12.6. The lowest BCUT2D eigenvalue weighted by molar-refractivity contribution is 0.0734. The molecule has 0 saturated carbocycles. The van der Waals surface area contributed by atoms with Crippen LogP contribution in [-0.2, 0) is 0 Å². The van der Waals surface area contributed by atoms with Crippen LogP contribution in [0.5, 0.6) is 11.5 Å². The maximum absolute atomic E-state index is 12.6. The van der Waals surface area contributed by atoms with Crippen molar-refractivity contribution in [1.82, 2.24) is 0 Å². The van der Waals surface area contributed by atoms with E-state index in [0.717, 1.165) is 12.2 Å². The van der Waals surface area contributed by atoms with Gasteiger partial charge in [0.2, 0.25) is 5.43 Å². The topological polar surface area (TPSA) is 88.4 Å². The fourth-order valence-electron chi connectivity index (χ4n) is 4.85. The Kier molecular flexibility index (Phi) is 15.5. The number of carbonyl (C=O) groups excluding carboxylic acids is 1. The molecule has 0 radical (unpaired) electrons. The SMILES string of the molecule is CCCCCCCCCCCCCCCCOc1ccc(C(=O)Oc2ccc(Nc3ccc(C#N)ccc3=O)cc2)cc1. The summed E-state index contributed by atoms with van der Waals surface area (Å²) in [5.74, 6) is 0.678. The lowest BCUT2D eigenvalue weighted by atomic mass is 10.0. The largest absolute Gasteiger partial charge is 0.494 e. The van der Waals surface area contributed by atoms with Crippen molar-refractivity contribution in [2.75, 3.05) is 11.9 Å². The molecule has 0 aliphatic heterocycles. The van der Waals surface area contributed by atoms with E-state index in [0.29, 0.717) is 34.9 Å². The molecule has 0 fully saturated rings. The molecule has 1 N–H and O–H groups in total. The predicted molar refractivity (Wildman–Crippen MR) is 174 cm³/mol. The van der Waals surface area contributed by atoms with E-state index in [1.54, 1.807) is 60.7 Å². The summed E-state index contributed by atoms with van der Waals surface area (Å²) in [4.78, 5) is 24.8. The number of nitrogens with one attached hydrogen (secondary N) is 1. The van der Waals surface area contributed by atoms with Crippen molar-refractivity contribution >= 4 is 17.3 Å². The number of ether oxygens (including phenoxy) is 2. The van der Waals surface area contributed by atoms with Gasteiger partial charge in [-0.1, -0.05) is 90.4 Å². The second-order valence-electron chi connectivity index (χ2n) is 11.0. The summed E-state index contributed by atoms with van der Waals surface area (Å²) in [5, 5.41) is 12.0. The van der Waals surface area contributed by atoms with Crippen LogP contribution in [-0.4, -0.2) is 12.6 Å². The van der Waals surface area contributed by atoms with Crippen LogP contribution in [0.1, 0.15) is 113 Å². The third-order valence-electron chi connectivity index (χ3n) is 7.44. The van der Waals surface area contributed by atoms with E-state index in [4.69, 9.17) is 14.7 Å². The third kappa shape index (κ3) is 13.2. The van der Waals surface area contributed by atoms with Crippen molar-refractivity contribution < 1.29 is 14.3 Å². The van der Waals surface area contributed by atoms with Gasteiger partial charge in [-0.05, 0) is 79.2 Å². The Morgan fingerprint density at radius 1 is 0.674 bits per heavy atom. The van der Waals surface area contributed by atoms with Gasteiger partial charge in [-0.3, -0.25) is 4.79 Å². The molecule has 0 unspecified atom stereocenters. The molecule has 6 nitrogen and oxygen atoms in total. The molecule has 0 amide bonds. The zero-order valence-corrected chi connectivity index (χ0v) is 25.6. The molecule has 0 atom stereocenters. The Hall–Kier alpha value is -4.11. The Morgan fingerprint density at radius 2 is 1.21 bits per heavy atom. The number of benzene rings is 2. The number of rotatable bonds is 20. The van der Waals surface area contributed by atoms with Gasteiger partial charge in [-0.15, -0.1) is 0 Å². The predicted octanol–water partition coefficient (Wildman–Crippen LogP) is 9.74. The molecule has 3 aromatic rings. The highest BCUT2D eigenvalue weighted by atomic mass is 16.5. The van der Waals surface area contributed by atoms with Gasteiger partial charge in [0.15, 0.2) is 0 Å². The first-order chi connectivity index (χ1) is 21.1. The van der Waals surface area contributed by atoms with Crippen LogP contribution < -0.4 is 20.2 Å². The number of hydrogen-bond acceptors (Lipinski definition) is 6. The minimum atomic E-state index is -0.458. The Balaban J connectivity index is 1.28. The molecule has 0 aromatic heterocycles. The molecule has 3 rings (SSSR count). The first-order valence-electron chi connectivity index (χ1n) is 16.0. The van der Waals surface area contributed by atoms with Gasteiger partial charge in [0.1, 0.15) is 11.5 Å². The normalized spacial score (nSPS) is 10.6. The molecule has 0 heterocycles. The van der Waals surface area contributed by atoms with Gasteiger partial charge < -0.3 is 14.8 Å². The molecule has 6 heteroatoms. The lowest BCUT2D eigenvalue weighted by Crippen LogP contribution is -2.08. The average Bonchev–Trinajstić information content (AvgIpc) is 3.20. The van der Waals surface area contributed by atoms with Gasteiger partial charge in [0.25, 0.3) is 0 Å². The number of hydrogen-bond donors (Lipinski definition) is 1. The quantitative estimate of drug-likeness (QED) is 0.0810. The molecule has 0 saturated heterocycles. The van der Waals surface area contributed by atoms with Crippen molar-refractivity contribution in [3.8, 4) is 17.6 Å². The smallest absolute Gasteiger partial charge is 0.343 e. The van der Waals surface area contributed by atoms with Crippen LogP contribution in [0.15, 0.2) is 77.6 Å². The molecule has 43 heavy (non-hydrogen) atoms. The Bertz CT molecular complexity index is 1330. The van der Waals surface area contributed by atoms with Gasteiger partial charge in [-0.25, -0.2) is 4.79 Å². The highest BCUT2D eigenvalue weighted by Crippen LogP contribution is 2.21. The Morgan fingerprint density at radius 3 is 1.79 bits per heavy atom. The zero-order valence-electron chi connectivity index (χ0n) is 25.6. The number of carbonyl (C=O) groups is 1. The van der Waals surface area contributed by atoms with Crippen LogP contribution in [0.25, 0.3) is 0 Å². The number of esters is 1. The van der Waals surface area contributed by atoms with Crippen LogP contribution >= 0.6 is 0 Å². The van der Waals surface area contributed by atoms with E-state index in [1.807, 2.05) is 6.07 Å². The van der Waals surface area contributed by atoms with Crippen molar-refractivity contribution in [2.45, 2.75) is 96.8 Å². The zero-order chi connectivity index (χ0) is 30.5. The molecule has 0 spiro atoms. The lowest BCUT2D eigenvalue weighted by Gasteiger charge is -2.09. The van der Waals surface area contributed by atoms with Gasteiger partial charge in [-0.2, -0.15) is 5.26 Å². The summed E-state index contributed by atoms with van der Waals surface area (Å²) in [6, 6.07) is 21.8. The van der Waals surface area contributed by atoms with Crippen LogP contribution in [0.3, 0.4) is 0 Å². The highest BCUT2D eigenvalue weighted by Gasteiger charge is 2.09. The Labute approximate surface area is 257 Å². The summed E-state index contributed by atoms with van der Waals surface area (Å²) in [6.07, 6.45) is 18.6. The highest BCUT2D eigenvalue weighted by molar-refractivity contribution is 5.91. The van der Waals surface area contributed by atoms with Crippen LogP contribution in [0.2, 0.25) is 0 Å². The van der Waals surface area contributed by atoms with Crippen molar-refractivity contribution in [1.29, 1.82) is 5.26 Å². The number of nitrogens with zero attached hydrogens (tertiary/aromatic N) is 1. The maximum Gasteiger partial charge on any atom is 0.343 e. The van der Waals surface area contributed by atoms with Crippen molar-refractivity contribution in [3.05, 3.63) is 94.1 Å². The fraction of sp³-hybridized carbons (Fsp3) is 0.432. The van der Waals surface area contributed by atoms with E-state index in [9.17, 15) is 9.59 Å². The minimum absolute atomic E-state index is 0.232. The first-order valence-corrected chi connectivity index (χ1v) is 16.0. The monoisotopic (exact) mass is 582 g/mol. The standard InChI is InChI=1S/C37H46N2O4/c1-2-3-4-5-6-7-8-9-10-11-12-13-14-15-28-42-33-22-18-31(19-23-33)37(41)43-34-24-20-32(21-25-34)39-35-26-16-30(29-38)17-27-36(35)40/h16-27H,2-15,28H2,1H3,(H,39,40).